The molecule has 0 unspecified atom stereocenters. The molecule has 1 aromatic carbocycles. The largest absolute Gasteiger partial charge is 0.444 e. The number of nitrogens with one attached hydrogen (secondary N) is 2. The maximum absolute atomic E-state index is 11.7. The Balaban J connectivity index is 2.51. The number of amides is 2. The highest BCUT2D eigenvalue weighted by molar-refractivity contribution is 7.90. The zero-order valence-electron chi connectivity index (χ0n) is 13.0. The van der Waals surface area contributed by atoms with E-state index in [1.165, 1.54) is 24.3 Å². The zero-order chi connectivity index (χ0) is 17.0. The Hall–Kier alpha value is -2.09. The predicted molar refractivity (Wildman–Crippen MR) is 82.4 cm³/mol. The summed E-state index contributed by atoms with van der Waals surface area (Å²) >= 11 is 0. The average molecular weight is 328 g/mol. The quantitative estimate of drug-likeness (QED) is 0.873. The molecule has 1 rings (SSSR count). The van der Waals surface area contributed by atoms with Crippen molar-refractivity contribution >= 4 is 27.5 Å². The molecule has 0 aromatic heterocycles. The molecule has 0 fully saturated rings. The molecule has 0 atom stereocenters. The fourth-order valence-electron chi connectivity index (χ4n) is 1.46. The normalized spacial score (nSPS) is 11.6. The van der Waals surface area contributed by atoms with Crippen LogP contribution in [0.3, 0.4) is 0 Å². The van der Waals surface area contributed by atoms with E-state index in [9.17, 15) is 18.0 Å². The lowest BCUT2D eigenvalue weighted by Crippen LogP contribution is -2.37. The Morgan fingerprint density at radius 1 is 1.14 bits per heavy atom. The minimum absolute atomic E-state index is 0.164. The van der Waals surface area contributed by atoms with Crippen LogP contribution in [-0.2, 0) is 19.4 Å². The van der Waals surface area contributed by atoms with Gasteiger partial charge in [0, 0.05) is 11.9 Å². The van der Waals surface area contributed by atoms with Gasteiger partial charge in [-0.3, -0.25) is 4.79 Å². The lowest BCUT2D eigenvalue weighted by atomic mass is 10.2. The number of hydrogen-bond donors (Lipinski definition) is 2. The Morgan fingerprint density at radius 2 is 1.68 bits per heavy atom. The Bertz CT molecular complexity index is 645. The summed E-state index contributed by atoms with van der Waals surface area (Å²) in [5.41, 5.74) is -0.203. The average Bonchev–Trinajstić information content (AvgIpc) is 2.34. The number of alkyl carbamates (subject to hydrolysis) is 1. The van der Waals surface area contributed by atoms with E-state index in [1.54, 1.807) is 20.8 Å². The van der Waals surface area contributed by atoms with Crippen LogP contribution in [0.5, 0.6) is 0 Å². The van der Waals surface area contributed by atoms with Gasteiger partial charge in [0.1, 0.15) is 12.1 Å². The number of hydrogen-bond acceptors (Lipinski definition) is 5. The highest BCUT2D eigenvalue weighted by Crippen LogP contribution is 2.13. The van der Waals surface area contributed by atoms with Crippen molar-refractivity contribution in [3.05, 3.63) is 24.3 Å². The molecule has 0 heterocycles. The van der Waals surface area contributed by atoms with Gasteiger partial charge in [-0.25, -0.2) is 13.2 Å². The van der Waals surface area contributed by atoms with Crippen LogP contribution in [0.25, 0.3) is 0 Å². The number of sulfone groups is 1. The molecule has 7 nitrogen and oxygen atoms in total. The second kappa shape index (κ2) is 6.78. The summed E-state index contributed by atoms with van der Waals surface area (Å²) in [6.45, 7) is 4.91. The Labute approximate surface area is 130 Å². The van der Waals surface area contributed by atoms with Gasteiger partial charge in [-0.1, -0.05) is 0 Å². The highest BCUT2D eigenvalue weighted by atomic mass is 32.2. The van der Waals surface area contributed by atoms with Gasteiger partial charge in [0.15, 0.2) is 9.84 Å². The van der Waals surface area contributed by atoms with Gasteiger partial charge in [0.2, 0.25) is 5.91 Å². The smallest absolute Gasteiger partial charge is 0.408 e. The molecule has 0 spiro atoms. The third kappa shape index (κ3) is 6.57. The fraction of sp³-hybridized carbons (Fsp3) is 0.429. The van der Waals surface area contributed by atoms with E-state index < -0.39 is 27.4 Å². The maximum Gasteiger partial charge on any atom is 0.408 e. The molecule has 0 aliphatic carbocycles. The van der Waals surface area contributed by atoms with E-state index in [0.29, 0.717) is 5.69 Å². The van der Waals surface area contributed by atoms with Gasteiger partial charge in [-0.15, -0.1) is 0 Å². The maximum atomic E-state index is 11.7. The van der Waals surface area contributed by atoms with Crippen molar-refractivity contribution in [3.8, 4) is 0 Å². The standard InChI is InChI=1S/C14H20N2O5S/c1-14(2,3)21-13(18)15-9-12(17)16-10-5-7-11(8-6-10)22(4,19)20/h5-8H,9H2,1-4H3,(H,15,18)(H,16,17). The summed E-state index contributed by atoms with van der Waals surface area (Å²) in [4.78, 5) is 23.2. The van der Waals surface area contributed by atoms with Crippen LogP contribution < -0.4 is 10.6 Å². The van der Waals surface area contributed by atoms with Crippen LogP contribution in [0.1, 0.15) is 20.8 Å². The van der Waals surface area contributed by atoms with Crippen LogP contribution in [0.2, 0.25) is 0 Å². The van der Waals surface area contributed by atoms with E-state index in [0.717, 1.165) is 6.26 Å². The molecule has 122 valence electrons. The molecule has 0 aliphatic heterocycles. The molecule has 8 heteroatoms. The van der Waals surface area contributed by atoms with E-state index in [-0.39, 0.29) is 11.4 Å². The van der Waals surface area contributed by atoms with Crippen molar-refractivity contribution in [2.24, 2.45) is 0 Å². The first-order valence-corrected chi connectivity index (χ1v) is 8.43. The Kier molecular flexibility index (Phi) is 5.54. The molecule has 0 bridgehead atoms. The second-order valence-corrected chi connectivity index (χ2v) is 7.72. The van der Waals surface area contributed by atoms with Crippen molar-refractivity contribution in [3.63, 3.8) is 0 Å². The van der Waals surface area contributed by atoms with Gasteiger partial charge in [-0.2, -0.15) is 0 Å². The summed E-state index contributed by atoms with van der Waals surface area (Å²) in [5.74, 6) is -0.446. The number of anilines is 1. The Morgan fingerprint density at radius 3 is 2.14 bits per heavy atom. The molecule has 0 saturated heterocycles. The summed E-state index contributed by atoms with van der Waals surface area (Å²) in [6, 6.07) is 5.74. The topological polar surface area (TPSA) is 102 Å². The molecule has 0 aliphatic rings. The van der Waals surface area contributed by atoms with E-state index in [2.05, 4.69) is 10.6 Å². The van der Waals surface area contributed by atoms with Gasteiger partial charge in [0.25, 0.3) is 0 Å². The van der Waals surface area contributed by atoms with Gasteiger partial charge < -0.3 is 15.4 Å². The van der Waals surface area contributed by atoms with Crippen molar-refractivity contribution in [2.45, 2.75) is 31.3 Å². The lowest BCUT2D eigenvalue weighted by Gasteiger charge is -2.19. The first-order valence-electron chi connectivity index (χ1n) is 6.54. The summed E-state index contributed by atoms with van der Waals surface area (Å²) in [7, 11) is -3.27. The van der Waals surface area contributed by atoms with Crippen LogP contribution in [-0.4, -0.2) is 38.8 Å². The lowest BCUT2D eigenvalue weighted by molar-refractivity contribution is -0.115. The minimum atomic E-state index is -3.27. The monoisotopic (exact) mass is 328 g/mol. The molecular weight excluding hydrogens is 308 g/mol. The first kappa shape index (κ1) is 18.0. The number of carbonyl (C=O) groups excluding carboxylic acids is 2. The van der Waals surface area contributed by atoms with Crippen LogP contribution in [0.4, 0.5) is 10.5 Å². The fourth-order valence-corrected chi connectivity index (χ4v) is 2.09. The molecule has 22 heavy (non-hydrogen) atoms. The van der Waals surface area contributed by atoms with Crippen LogP contribution in [0.15, 0.2) is 29.2 Å². The first-order chi connectivity index (χ1) is 9.97. The molecule has 0 saturated carbocycles. The van der Waals surface area contributed by atoms with E-state index in [4.69, 9.17) is 4.74 Å². The van der Waals surface area contributed by atoms with Crippen molar-refractivity contribution in [2.75, 3.05) is 18.1 Å². The number of rotatable bonds is 4. The van der Waals surface area contributed by atoms with Gasteiger partial charge >= 0.3 is 6.09 Å². The molecule has 2 amide bonds. The summed E-state index contributed by atoms with van der Waals surface area (Å²) in [6.07, 6.45) is 0.417. The number of benzene rings is 1. The zero-order valence-corrected chi connectivity index (χ0v) is 13.8. The summed E-state index contributed by atoms with van der Waals surface area (Å²) < 4.78 is 27.6. The van der Waals surface area contributed by atoms with Gasteiger partial charge in [-0.05, 0) is 45.0 Å². The predicted octanol–water partition coefficient (Wildman–Crippen LogP) is 1.55. The molecule has 1 aromatic rings. The van der Waals surface area contributed by atoms with Crippen molar-refractivity contribution in [1.82, 2.24) is 5.32 Å². The number of carbonyl (C=O) groups is 2. The van der Waals surface area contributed by atoms with E-state index >= 15 is 0 Å². The van der Waals surface area contributed by atoms with E-state index in [1.807, 2.05) is 0 Å². The third-order valence-corrected chi connectivity index (χ3v) is 3.49. The van der Waals surface area contributed by atoms with Crippen LogP contribution >= 0.6 is 0 Å². The van der Waals surface area contributed by atoms with Crippen LogP contribution in [0, 0.1) is 0 Å². The van der Waals surface area contributed by atoms with Crippen molar-refractivity contribution in [1.29, 1.82) is 0 Å². The second-order valence-electron chi connectivity index (χ2n) is 5.70. The summed E-state index contributed by atoms with van der Waals surface area (Å²) in [5, 5.41) is 4.86. The third-order valence-electron chi connectivity index (χ3n) is 2.36. The SMILES string of the molecule is CC(C)(C)OC(=O)NCC(=O)Nc1ccc(S(C)(=O)=O)cc1. The molecule has 0 radical (unpaired) electrons. The molecular formula is C14H20N2O5S. The molecule has 2 N–H and O–H groups in total. The van der Waals surface area contributed by atoms with Gasteiger partial charge in [0.05, 0.1) is 4.90 Å². The minimum Gasteiger partial charge on any atom is -0.444 e. The van der Waals surface area contributed by atoms with Crippen molar-refractivity contribution < 1.29 is 22.7 Å². The number of ether oxygens (including phenoxy) is 1. The highest BCUT2D eigenvalue weighted by Gasteiger charge is 2.16.